The number of fused-ring (bicyclic) bond motifs is 1. The highest BCUT2D eigenvalue weighted by atomic mass is 32.1. The summed E-state index contributed by atoms with van der Waals surface area (Å²) in [4.78, 5) is 12.5. The molecule has 3 heterocycles. The second-order valence-corrected chi connectivity index (χ2v) is 6.36. The SMILES string of the molecule is Cc1sc(C(=O)O)c(C)c1-c1cnn2c1C=CN(C(F)(F)F)C2. The number of thiophene rings is 1. The fraction of sp³-hybridized carbons (Fsp3) is 0.286. The van der Waals surface area contributed by atoms with Crippen LogP contribution < -0.4 is 0 Å². The molecule has 122 valence electrons. The second-order valence-electron chi connectivity index (χ2n) is 5.13. The largest absolute Gasteiger partial charge is 0.485 e. The molecule has 0 aromatic carbocycles. The third kappa shape index (κ3) is 2.50. The van der Waals surface area contributed by atoms with E-state index in [4.69, 9.17) is 0 Å². The normalized spacial score (nSPS) is 14.2. The van der Waals surface area contributed by atoms with Gasteiger partial charge in [-0.15, -0.1) is 11.3 Å². The number of aryl methyl sites for hydroxylation is 1. The van der Waals surface area contributed by atoms with Gasteiger partial charge in [0.05, 0.1) is 11.9 Å². The van der Waals surface area contributed by atoms with Gasteiger partial charge in [-0.25, -0.2) is 9.48 Å². The maximum atomic E-state index is 12.8. The summed E-state index contributed by atoms with van der Waals surface area (Å²) in [5, 5.41) is 13.2. The van der Waals surface area contributed by atoms with E-state index in [2.05, 4.69) is 5.10 Å². The molecule has 0 saturated heterocycles. The first-order valence-corrected chi connectivity index (χ1v) is 7.43. The van der Waals surface area contributed by atoms with E-state index in [-0.39, 0.29) is 9.78 Å². The number of carboxylic acids is 1. The first-order chi connectivity index (χ1) is 10.7. The van der Waals surface area contributed by atoms with Crippen LogP contribution >= 0.6 is 11.3 Å². The van der Waals surface area contributed by atoms with E-state index in [0.29, 0.717) is 16.8 Å². The Morgan fingerprint density at radius 2 is 2.09 bits per heavy atom. The number of nitrogens with zero attached hydrogens (tertiary/aromatic N) is 3. The maximum absolute atomic E-state index is 12.8. The van der Waals surface area contributed by atoms with Gasteiger partial charge in [0.2, 0.25) is 0 Å². The molecule has 5 nitrogen and oxygen atoms in total. The summed E-state index contributed by atoms with van der Waals surface area (Å²) in [7, 11) is 0. The van der Waals surface area contributed by atoms with E-state index in [1.54, 1.807) is 13.8 Å². The topological polar surface area (TPSA) is 58.4 Å². The monoisotopic (exact) mass is 343 g/mol. The smallest absolute Gasteiger partial charge is 0.477 e. The summed E-state index contributed by atoms with van der Waals surface area (Å²) in [6.07, 6.45) is -0.676. The highest BCUT2D eigenvalue weighted by Gasteiger charge is 2.37. The van der Waals surface area contributed by atoms with Gasteiger partial charge in [-0.05, 0) is 25.5 Å². The minimum atomic E-state index is -4.47. The molecule has 0 aliphatic carbocycles. The lowest BCUT2D eigenvalue weighted by Crippen LogP contribution is -2.37. The fourth-order valence-corrected chi connectivity index (χ4v) is 3.66. The molecule has 2 aromatic rings. The maximum Gasteiger partial charge on any atom is 0.485 e. The van der Waals surface area contributed by atoms with Gasteiger partial charge in [0.1, 0.15) is 11.5 Å². The average molecular weight is 343 g/mol. The Hall–Kier alpha value is -2.29. The molecule has 0 atom stereocenters. The van der Waals surface area contributed by atoms with Crippen molar-refractivity contribution in [2.24, 2.45) is 0 Å². The molecule has 1 aliphatic rings. The Morgan fingerprint density at radius 1 is 1.39 bits per heavy atom. The zero-order valence-electron chi connectivity index (χ0n) is 12.2. The highest BCUT2D eigenvalue weighted by molar-refractivity contribution is 7.14. The predicted molar refractivity (Wildman–Crippen MR) is 78.9 cm³/mol. The number of carboxylic acid groups (broad SMARTS) is 1. The summed E-state index contributed by atoms with van der Waals surface area (Å²) in [5.41, 5.74) is 2.49. The molecule has 0 fully saturated rings. The van der Waals surface area contributed by atoms with Crippen LogP contribution in [0.3, 0.4) is 0 Å². The fourth-order valence-electron chi connectivity index (χ4n) is 2.65. The van der Waals surface area contributed by atoms with E-state index < -0.39 is 18.9 Å². The van der Waals surface area contributed by atoms with Crippen molar-refractivity contribution < 1.29 is 23.1 Å². The average Bonchev–Trinajstić information content (AvgIpc) is 2.98. The molecule has 9 heteroatoms. The van der Waals surface area contributed by atoms with Crippen molar-refractivity contribution in [3.05, 3.63) is 33.4 Å². The predicted octanol–water partition coefficient (Wildman–Crippen LogP) is 3.69. The number of aromatic carboxylic acids is 1. The molecule has 1 N–H and O–H groups in total. The Bertz CT molecular complexity index is 820. The molecule has 0 saturated carbocycles. The zero-order chi connectivity index (χ0) is 16.9. The van der Waals surface area contributed by atoms with Crippen molar-refractivity contribution in [2.75, 3.05) is 0 Å². The molecule has 23 heavy (non-hydrogen) atoms. The van der Waals surface area contributed by atoms with E-state index >= 15 is 0 Å². The van der Waals surface area contributed by atoms with Crippen molar-refractivity contribution in [1.29, 1.82) is 0 Å². The quantitative estimate of drug-likeness (QED) is 0.845. The van der Waals surface area contributed by atoms with Gasteiger partial charge in [0, 0.05) is 22.2 Å². The third-order valence-corrected chi connectivity index (χ3v) is 4.89. The van der Waals surface area contributed by atoms with Crippen LogP contribution in [0.15, 0.2) is 12.4 Å². The van der Waals surface area contributed by atoms with Crippen LogP contribution in [-0.4, -0.2) is 32.1 Å². The first kappa shape index (κ1) is 15.6. The lowest BCUT2D eigenvalue weighted by molar-refractivity contribution is -0.237. The number of carbonyl (C=O) groups is 1. The molecule has 0 amide bonds. The Balaban J connectivity index is 2.07. The van der Waals surface area contributed by atoms with Crippen LogP contribution in [0.2, 0.25) is 0 Å². The van der Waals surface area contributed by atoms with Gasteiger partial charge in [0.25, 0.3) is 0 Å². The van der Waals surface area contributed by atoms with Gasteiger partial charge >= 0.3 is 12.3 Å². The lowest BCUT2D eigenvalue weighted by atomic mass is 10.0. The number of aromatic nitrogens is 2. The first-order valence-electron chi connectivity index (χ1n) is 6.61. The van der Waals surface area contributed by atoms with E-state index in [0.717, 1.165) is 28.0 Å². The molecule has 0 bridgehead atoms. The molecule has 3 rings (SSSR count). The van der Waals surface area contributed by atoms with Gasteiger partial charge in [-0.2, -0.15) is 18.3 Å². The molecule has 0 radical (unpaired) electrons. The Morgan fingerprint density at radius 3 is 2.65 bits per heavy atom. The Labute approximate surface area is 133 Å². The Kier molecular flexibility index (Phi) is 3.47. The molecule has 1 aliphatic heterocycles. The number of hydrogen-bond donors (Lipinski definition) is 1. The van der Waals surface area contributed by atoms with Crippen LogP contribution in [0, 0.1) is 13.8 Å². The number of alkyl halides is 3. The number of hydrogen-bond acceptors (Lipinski definition) is 4. The van der Waals surface area contributed by atoms with E-state index in [1.165, 1.54) is 17.0 Å². The second kappa shape index (κ2) is 5.12. The lowest BCUT2D eigenvalue weighted by Gasteiger charge is -2.26. The van der Waals surface area contributed by atoms with Gasteiger partial charge in [-0.1, -0.05) is 0 Å². The standard InChI is InChI=1S/C14H12F3N3O2S/c1-7-11(8(2)23-12(7)13(21)22)9-5-18-20-6-19(14(15,16)17)4-3-10(9)20/h3-5H,6H2,1-2H3,(H,21,22). The number of rotatable bonds is 2. The van der Waals surface area contributed by atoms with Gasteiger partial charge in [0.15, 0.2) is 0 Å². The van der Waals surface area contributed by atoms with Gasteiger partial charge < -0.3 is 5.11 Å². The van der Waals surface area contributed by atoms with Crippen molar-refractivity contribution in [3.8, 4) is 11.1 Å². The van der Waals surface area contributed by atoms with E-state index in [1.807, 2.05) is 0 Å². The molecule has 0 spiro atoms. The van der Waals surface area contributed by atoms with Crippen LogP contribution in [0.25, 0.3) is 17.2 Å². The summed E-state index contributed by atoms with van der Waals surface area (Å²) < 4.78 is 39.5. The minimum Gasteiger partial charge on any atom is -0.477 e. The van der Waals surface area contributed by atoms with E-state index in [9.17, 15) is 23.1 Å². The summed E-state index contributed by atoms with van der Waals surface area (Å²) in [5.74, 6) is -1.01. The van der Waals surface area contributed by atoms with Crippen LogP contribution in [0.4, 0.5) is 13.2 Å². The number of halogens is 3. The summed E-state index contributed by atoms with van der Waals surface area (Å²) in [6.45, 7) is 3.06. The molecular weight excluding hydrogens is 331 g/mol. The van der Waals surface area contributed by atoms with Gasteiger partial charge in [-0.3, -0.25) is 4.90 Å². The third-order valence-electron chi connectivity index (χ3n) is 3.69. The molecular formula is C14H12F3N3O2S. The van der Waals surface area contributed by atoms with Crippen molar-refractivity contribution in [1.82, 2.24) is 14.7 Å². The van der Waals surface area contributed by atoms with Crippen molar-refractivity contribution in [2.45, 2.75) is 26.8 Å². The highest BCUT2D eigenvalue weighted by Crippen LogP contribution is 2.39. The van der Waals surface area contributed by atoms with Crippen LogP contribution in [-0.2, 0) is 6.67 Å². The van der Waals surface area contributed by atoms with Crippen LogP contribution in [0.1, 0.15) is 25.8 Å². The summed E-state index contributed by atoms with van der Waals surface area (Å²) >= 11 is 1.15. The zero-order valence-corrected chi connectivity index (χ0v) is 13.0. The minimum absolute atomic E-state index is 0.229. The van der Waals surface area contributed by atoms with Crippen molar-refractivity contribution in [3.63, 3.8) is 0 Å². The molecule has 2 aromatic heterocycles. The van der Waals surface area contributed by atoms with Crippen molar-refractivity contribution >= 4 is 23.4 Å². The summed E-state index contributed by atoms with van der Waals surface area (Å²) in [6, 6.07) is 0. The molecule has 0 unspecified atom stereocenters. The van der Waals surface area contributed by atoms with Crippen LogP contribution in [0.5, 0.6) is 0 Å².